The number of hydrogen-bond donors (Lipinski definition) is 2. The van der Waals surface area contributed by atoms with Crippen LogP contribution >= 0.6 is 11.6 Å². The number of sulfonamides is 1. The van der Waals surface area contributed by atoms with E-state index in [9.17, 15) is 22.8 Å². The van der Waals surface area contributed by atoms with E-state index in [1.54, 1.807) is 18.0 Å². The first-order chi connectivity index (χ1) is 19.0. The summed E-state index contributed by atoms with van der Waals surface area (Å²) >= 11 is 5.88. The number of allylic oxidation sites excluding steroid dienone is 1. The zero-order valence-corrected chi connectivity index (χ0v) is 24.1. The second kappa shape index (κ2) is 12.3. The van der Waals surface area contributed by atoms with Crippen LogP contribution in [0.25, 0.3) is 0 Å². The summed E-state index contributed by atoms with van der Waals surface area (Å²) < 4.78 is 33.0. The normalized spacial score (nSPS) is 27.4. The van der Waals surface area contributed by atoms with E-state index in [0.717, 1.165) is 19.3 Å². The number of unbranched alkanes of at least 4 members (excludes halogenated alkanes) is 2. The SMILES string of the molecule is C=CCCCCN(C)C(=O)C1CC(Oc2ccnc(Cl)n2)CC1C(=O)NC1(C(=O)NS(=O)(=O)C2CC2)CC1C=C. The third-order valence-electron chi connectivity index (χ3n) is 7.84. The average Bonchev–Trinajstić information content (AvgIpc) is 3.83. The van der Waals surface area contributed by atoms with Crippen LogP contribution < -0.4 is 14.8 Å². The maximum atomic E-state index is 13.7. The first-order valence-corrected chi connectivity index (χ1v) is 15.4. The number of aromatic nitrogens is 2. The lowest BCUT2D eigenvalue weighted by molar-refractivity contribution is -0.140. The Morgan fingerprint density at radius 2 is 1.95 bits per heavy atom. The van der Waals surface area contributed by atoms with Crippen molar-refractivity contribution in [1.82, 2.24) is 24.9 Å². The summed E-state index contributed by atoms with van der Waals surface area (Å²) in [5.41, 5.74) is -1.43. The standard InChI is InChI=1S/C27H36ClN5O6S/c1-4-6-7-8-13-33(3)24(35)21-15-18(39-22-11-12-29-26(28)30-22)14-20(21)23(34)31-27(16-17(27)5-2)25(36)32-40(37,38)19-9-10-19/h4-5,11-12,17-21H,1-2,6-10,13-16H2,3H3,(H,31,34)(H,32,36). The summed E-state index contributed by atoms with van der Waals surface area (Å²) in [6, 6.07) is 1.54. The average molecular weight is 594 g/mol. The maximum Gasteiger partial charge on any atom is 0.259 e. The fourth-order valence-electron chi connectivity index (χ4n) is 5.27. The Bertz CT molecular complexity index is 1270. The van der Waals surface area contributed by atoms with Crippen LogP contribution in [0, 0.1) is 17.8 Å². The predicted octanol–water partition coefficient (Wildman–Crippen LogP) is 2.39. The molecule has 0 saturated heterocycles. The number of ether oxygens (including phenoxy) is 1. The number of rotatable bonds is 14. The van der Waals surface area contributed by atoms with E-state index in [4.69, 9.17) is 16.3 Å². The van der Waals surface area contributed by atoms with Crippen molar-refractivity contribution in [3.8, 4) is 5.88 Å². The molecule has 0 radical (unpaired) electrons. The molecule has 218 valence electrons. The molecule has 40 heavy (non-hydrogen) atoms. The number of carbonyl (C=O) groups is 3. The molecular weight excluding hydrogens is 558 g/mol. The third kappa shape index (κ3) is 6.83. The molecular formula is C27H36ClN5O6S. The molecule has 5 unspecified atom stereocenters. The van der Waals surface area contributed by atoms with Crippen LogP contribution in [0.1, 0.15) is 51.4 Å². The Morgan fingerprint density at radius 3 is 2.58 bits per heavy atom. The molecule has 11 nitrogen and oxygen atoms in total. The Balaban J connectivity index is 1.50. The van der Waals surface area contributed by atoms with Gasteiger partial charge in [-0.15, -0.1) is 13.2 Å². The second-order valence-corrected chi connectivity index (χ2v) is 13.1. The van der Waals surface area contributed by atoms with Crippen molar-refractivity contribution in [2.75, 3.05) is 13.6 Å². The summed E-state index contributed by atoms with van der Waals surface area (Å²) in [4.78, 5) is 49.9. The monoisotopic (exact) mass is 593 g/mol. The van der Waals surface area contributed by atoms with Gasteiger partial charge in [0.2, 0.25) is 33.0 Å². The summed E-state index contributed by atoms with van der Waals surface area (Å²) in [7, 11) is -2.10. The molecule has 3 aliphatic rings. The molecule has 3 aliphatic carbocycles. The van der Waals surface area contributed by atoms with E-state index in [0.29, 0.717) is 19.4 Å². The number of nitrogens with zero attached hydrogens (tertiary/aromatic N) is 3. The van der Waals surface area contributed by atoms with Crippen LogP contribution in [0.4, 0.5) is 0 Å². The molecule has 5 atom stereocenters. The number of halogens is 1. The van der Waals surface area contributed by atoms with Gasteiger partial charge >= 0.3 is 0 Å². The van der Waals surface area contributed by atoms with Crippen molar-refractivity contribution in [2.45, 2.75) is 68.3 Å². The van der Waals surface area contributed by atoms with E-state index < -0.39 is 56.5 Å². The van der Waals surface area contributed by atoms with Crippen LogP contribution in [0.3, 0.4) is 0 Å². The predicted molar refractivity (Wildman–Crippen MR) is 149 cm³/mol. The van der Waals surface area contributed by atoms with Gasteiger partial charge in [0.25, 0.3) is 5.91 Å². The number of amides is 3. The fourth-order valence-corrected chi connectivity index (χ4v) is 6.77. The van der Waals surface area contributed by atoms with E-state index in [-0.39, 0.29) is 36.3 Å². The Labute approximate surface area is 239 Å². The van der Waals surface area contributed by atoms with Crippen LogP contribution in [0.2, 0.25) is 5.28 Å². The van der Waals surface area contributed by atoms with Gasteiger partial charge in [-0.1, -0.05) is 12.2 Å². The Morgan fingerprint density at radius 1 is 1.23 bits per heavy atom. The zero-order chi connectivity index (χ0) is 29.1. The number of nitrogens with one attached hydrogen (secondary N) is 2. The molecule has 3 saturated carbocycles. The van der Waals surface area contributed by atoms with Gasteiger partial charge in [-0.2, -0.15) is 4.98 Å². The molecule has 1 aromatic rings. The van der Waals surface area contributed by atoms with Crippen molar-refractivity contribution in [1.29, 1.82) is 0 Å². The van der Waals surface area contributed by atoms with Gasteiger partial charge in [0.15, 0.2) is 0 Å². The summed E-state index contributed by atoms with van der Waals surface area (Å²) in [5, 5.41) is 2.22. The van der Waals surface area contributed by atoms with E-state index in [1.165, 1.54) is 12.3 Å². The molecule has 4 rings (SSSR count). The first kappa shape index (κ1) is 30.0. The highest BCUT2D eigenvalue weighted by Gasteiger charge is 2.62. The van der Waals surface area contributed by atoms with Crippen LogP contribution in [-0.2, 0) is 24.4 Å². The summed E-state index contributed by atoms with van der Waals surface area (Å²) in [6.07, 6.45) is 8.50. The highest BCUT2D eigenvalue weighted by Crippen LogP contribution is 2.46. The van der Waals surface area contributed by atoms with E-state index >= 15 is 0 Å². The van der Waals surface area contributed by atoms with Crippen LogP contribution in [0.15, 0.2) is 37.6 Å². The molecule has 3 amide bonds. The highest BCUT2D eigenvalue weighted by molar-refractivity contribution is 7.91. The molecule has 1 heterocycles. The van der Waals surface area contributed by atoms with Gasteiger partial charge < -0.3 is 15.0 Å². The zero-order valence-electron chi connectivity index (χ0n) is 22.6. The Hall–Kier alpha value is -2.99. The third-order valence-corrected chi connectivity index (χ3v) is 9.84. The molecule has 0 aliphatic heterocycles. The molecule has 2 N–H and O–H groups in total. The minimum absolute atomic E-state index is 0.00924. The minimum atomic E-state index is -3.81. The molecule has 0 bridgehead atoms. The smallest absolute Gasteiger partial charge is 0.259 e. The van der Waals surface area contributed by atoms with Crippen molar-refractivity contribution >= 4 is 39.3 Å². The Kier molecular flexibility index (Phi) is 9.19. The maximum absolute atomic E-state index is 13.7. The van der Waals surface area contributed by atoms with Gasteiger partial charge in [0, 0.05) is 31.8 Å². The van der Waals surface area contributed by atoms with Gasteiger partial charge in [-0.25, -0.2) is 13.4 Å². The summed E-state index contributed by atoms with van der Waals surface area (Å²) in [5.74, 6) is -3.19. The van der Waals surface area contributed by atoms with Crippen LogP contribution in [-0.4, -0.2) is 71.5 Å². The van der Waals surface area contributed by atoms with Gasteiger partial charge in [-0.3, -0.25) is 19.1 Å². The number of carbonyl (C=O) groups excluding carboxylic acids is 3. The van der Waals surface area contributed by atoms with Gasteiger partial charge in [0.1, 0.15) is 11.6 Å². The lowest BCUT2D eigenvalue weighted by Gasteiger charge is -2.26. The van der Waals surface area contributed by atoms with Crippen LogP contribution in [0.5, 0.6) is 5.88 Å². The number of hydrogen-bond acceptors (Lipinski definition) is 8. The molecule has 13 heteroatoms. The molecule has 0 spiro atoms. The second-order valence-electron chi connectivity index (χ2n) is 10.8. The van der Waals surface area contributed by atoms with Gasteiger partial charge in [-0.05, 0) is 63.0 Å². The lowest BCUT2D eigenvalue weighted by atomic mass is 9.93. The van der Waals surface area contributed by atoms with E-state index in [2.05, 4.69) is 33.2 Å². The summed E-state index contributed by atoms with van der Waals surface area (Å²) in [6.45, 7) is 7.97. The van der Waals surface area contributed by atoms with Crippen molar-refractivity contribution in [3.63, 3.8) is 0 Å². The topological polar surface area (TPSA) is 148 Å². The molecule has 1 aromatic heterocycles. The van der Waals surface area contributed by atoms with Crippen molar-refractivity contribution in [3.05, 3.63) is 42.9 Å². The minimum Gasteiger partial charge on any atom is -0.474 e. The first-order valence-electron chi connectivity index (χ1n) is 13.5. The highest BCUT2D eigenvalue weighted by atomic mass is 35.5. The van der Waals surface area contributed by atoms with Gasteiger partial charge in [0.05, 0.1) is 17.1 Å². The fraction of sp³-hybridized carbons (Fsp3) is 0.593. The quantitative estimate of drug-likeness (QED) is 0.190. The van der Waals surface area contributed by atoms with Crippen molar-refractivity contribution < 1.29 is 27.5 Å². The lowest BCUT2D eigenvalue weighted by Crippen LogP contribution is -2.54. The van der Waals surface area contributed by atoms with E-state index in [1.807, 2.05) is 6.08 Å². The van der Waals surface area contributed by atoms with Crippen molar-refractivity contribution in [2.24, 2.45) is 17.8 Å². The molecule has 0 aromatic carbocycles. The largest absolute Gasteiger partial charge is 0.474 e. The molecule has 3 fully saturated rings.